The summed E-state index contributed by atoms with van der Waals surface area (Å²) >= 11 is 0. The third kappa shape index (κ3) is 4.37. The number of non-ortho nitro benzene ring substituents is 1. The lowest BCUT2D eigenvalue weighted by Crippen LogP contribution is -2.14. The van der Waals surface area contributed by atoms with Crippen molar-refractivity contribution in [3.63, 3.8) is 0 Å². The Labute approximate surface area is 168 Å². The summed E-state index contributed by atoms with van der Waals surface area (Å²) in [6.07, 6.45) is 0. The Morgan fingerprint density at radius 2 is 1.90 bits per heavy atom. The van der Waals surface area contributed by atoms with Crippen molar-refractivity contribution in [3.8, 4) is 5.75 Å². The Hall–Kier alpha value is -3.40. The fourth-order valence-electron chi connectivity index (χ4n) is 2.90. The number of ether oxygens (including phenoxy) is 1. The highest BCUT2D eigenvalue weighted by molar-refractivity contribution is 7.92. The van der Waals surface area contributed by atoms with Crippen LogP contribution in [0.5, 0.6) is 5.75 Å². The SMILES string of the molecule is COc1cccc(Cn2nc(C)c(NS(=O)(=O)c3cccc([N+](=O)[O-])c3)c2C)c1. The van der Waals surface area contributed by atoms with Gasteiger partial charge < -0.3 is 4.74 Å². The molecule has 10 heteroatoms. The smallest absolute Gasteiger partial charge is 0.270 e. The first-order chi connectivity index (χ1) is 13.7. The van der Waals surface area contributed by atoms with Crippen LogP contribution in [0.15, 0.2) is 53.4 Å². The number of aromatic nitrogens is 2. The van der Waals surface area contributed by atoms with Gasteiger partial charge in [0.1, 0.15) is 5.75 Å². The number of sulfonamides is 1. The molecule has 0 atom stereocenters. The number of aryl methyl sites for hydroxylation is 1. The molecule has 0 radical (unpaired) electrons. The Kier molecular flexibility index (Phi) is 5.55. The van der Waals surface area contributed by atoms with Gasteiger partial charge in [-0.1, -0.05) is 18.2 Å². The van der Waals surface area contributed by atoms with Crippen LogP contribution in [0.3, 0.4) is 0 Å². The van der Waals surface area contributed by atoms with Crippen LogP contribution in [-0.2, 0) is 16.6 Å². The monoisotopic (exact) mass is 416 g/mol. The summed E-state index contributed by atoms with van der Waals surface area (Å²) in [6, 6.07) is 12.4. The minimum atomic E-state index is -4.01. The maximum Gasteiger partial charge on any atom is 0.270 e. The lowest BCUT2D eigenvalue weighted by Gasteiger charge is -2.10. The predicted octanol–water partition coefficient (Wildman–Crippen LogP) is 3.27. The zero-order chi connectivity index (χ0) is 21.2. The van der Waals surface area contributed by atoms with Crippen LogP contribution >= 0.6 is 0 Å². The van der Waals surface area contributed by atoms with Crippen LogP contribution < -0.4 is 9.46 Å². The van der Waals surface area contributed by atoms with Gasteiger partial charge in [0, 0.05) is 12.1 Å². The van der Waals surface area contributed by atoms with Crippen LogP contribution in [0.25, 0.3) is 0 Å². The molecule has 0 saturated carbocycles. The van der Waals surface area contributed by atoms with Gasteiger partial charge >= 0.3 is 0 Å². The van der Waals surface area contributed by atoms with Gasteiger partial charge in [0.15, 0.2) is 0 Å². The van der Waals surface area contributed by atoms with Gasteiger partial charge in [-0.25, -0.2) is 8.42 Å². The predicted molar refractivity (Wildman–Crippen MR) is 108 cm³/mol. The highest BCUT2D eigenvalue weighted by atomic mass is 32.2. The van der Waals surface area contributed by atoms with Crippen LogP contribution in [0.2, 0.25) is 0 Å². The Bertz CT molecular complexity index is 1170. The van der Waals surface area contributed by atoms with Gasteiger partial charge in [-0.05, 0) is 37.6 Å². The fraction of sp³-hybridized carbons (Fsp3) is 0.211. The first-order valence-electron chi connectivity index (χ1n) is 8.65. The summed E-state index contributed by atoms with van der Waals surface area (Å²) < 4.78 is 34.9. The van der Waals surface area contributed by atoms with Crippen molar-refractivity contribution >= 4 is 21.4 Å². The number of hydrogen-bond acceptors (Lipinski definition) is 6. The number of hydrogen-bond donors (Lipinski definition) is 1. The molecule has 0 spiro atoms. The molecule has 9 nitrogen and oxygen atoms in total. The zero-order valence-electron chi connectivity index (χ0n) is 16.1. The molecule has 0 aliphatic carbocycles. The van der Waals surface area contributed by atoms with Gasteiger partial charge in [0.2, 0.25) is 0 Å². The Morgan fingerprint density at radius 3 is 2.59 bits per heavy atom. The van der Waals surface area contributed by atoms with Gasteiger partial charge in [0.05, 0.1) is 40.5 Å². The van der Waals surface area contributed by atoms with Crippen molar-refractivity contribution in [2.24, 2.45) is 0 Å². The second-order valence-corrected chi connectivity index (χ2v) is 8.10. The molecule has 152 valence electrons. The summed E-state index contributed by atoms with van der Waals surface area (Å²) in [5, 5.41) is 15.4. The largest absolute Gasteiger partial charge is 0.497 e. The van der Waals surface area contributed by atoms with Crippen molar-refractivity contribution in [2.75, 3.05) is 11.8 Å². The topological polar surface area (TPSA) is 116 Å². The van der Waals surface area contributed by atoms with E-state index in [1.54, 1.807) is 25.6 Å². The number of nitro benzene ring substituents is 1. The molecule has 0 aliphatic heterocycles. The van der Waals surface area contributed by atoms with Crippen molar-refractivity contribution in [3.05, 3.63) is 75.6 Å². The van der Waals surface area contributed by atoms with Crippen molar-refractivity contribution in [2.45, 2.75) is 25.3 Å². The molecular formula is C19H20N4O5S. The molecule has 1 aromatic heterocycles. The minimum absolute atomic E-state index is 0.189. The molecule has 0 amide bonds. The summed E-state index contributed by atoms with van der Waals surface area (Å²) in [5.41, 5.74) is 2.12. The normalized spacial score (nSPS) is 11.3. The van der Waals surface area contributed by atoms with Crippen molar-refractivity contribution in [1.29, 1.82) is 0 Å². The van der Waals surface area contributed by atoms with Crippen molar-refractivity contribution in [1.82, 2.24) is 9.78 Å². The first-order valence-corrected chi connectivity index (χ1v) is 10.1. The average Bonchev–Trinajstić information content (AvgIpc) is 2.95. The maximum absolute atomic E-state index is 12.7. The van der Waals surface area contributed by atoms with Crippen molar-refractivity contribution < 1.29 is 18.1 Å². The third-order valence-electron chi connectivity index (χ3n) is 4.42. The summed E-state index contributed by atoms with van der Waals surface area (Å²) in [5.74, 6) is 0.718. The van der Waals surface area contributed by atoms with Crippen LogP contribution in [0.4, 0.5) is 11.4 Å². The molecule has 0 fully saturated rings. The average molecular weight is 416 g/mol. The quantitative estimate of drug-likeness (QED) is 0.467. The number of nitrogens with one attached hydrogen (secondary N) is 1. The lowest BCUT2D eigenvalue weighted by molar-refractivity contribution is -0.385. The van der Waals surface area contributed by atoms with E-state index in [1.165, 1.54) is 18.2 Å². The Balaban J connectivity index is 1.90. The van der Waals surface area contributed by atoms with Crippen LogP contribution in [0.1, 0.15) is 17.0 Å². The number of benzene rings is 2. The van der Waals surface area contributed by atoms with E-state index in [0.29, 0.717) is 23.6 Å². The fourth-order valence-corrected chi connectivity index (χ4v) is 4.12. The minimum Gasteiger partial charge on any atom is -0.497 e. The van der Waals surface area contributed by atoms with Crippen LogP contribution in [-0.4, -0.2) is 30.2 Å². The number of nitrogens with zero attached hydrogens (tertiary/aromatic N) is 3. The van der Waals surface area contributed by atoms with Gasteiger partial charge in [-0.3, -0.25) is 19.5 Å². The standard InChI is InChI=1S/C19H20N4O5S/c1-13-19(21-29(26,27)18-9-5-7-16(11-18)23(24)25)14(2)22(20-13)12-15-6-4-8-17(10-15)28-3/h4-11,21H,12H2,1-3H3. The highest BCUT2D eigenvalue weighted by Gasteiger charge is 2.22. The molecule has 0 bridgehead atoms. The molecule has 3 rings (SSSR count). The van der Waals surface area contributed by atoms with Gasteiger partial charge in [-0.15, -0.1) is 0 Å². The zero-order valence-corrected chi connectivity index (χ0v) is 16.9. The third-order valence-corrected chi connectivity index (χ3v) is 5.77. The maximum atomic E-state index is 12.7. The van der Waals surface area contributed by atoms with E-state index in [4.69, 9.17) is 4.74 Å². The second kappa shape index (κ2) is 7.92. The summed E-state index contributed by atoms with van der Waals surface area (Å²) in [7, 11) is -2.43. The molecule has 0 saturated heterocycles. The van der Waals surface area contributed by atoms with E-state index in [-0.39, 0.29) is 10.6 Å². The van der Waals surface area contributed by atoms with E-state index in [0.717, 1.165) is 17.4 Å². The van der Waals surface area contributed by atoms with E-state index in [9.17, 15) is 18.5 Å². The summed E-state index contributed by atoms with van der Waals surface area (Å²) in [4.78, 5) is 10.1. The molecule has 0 unspecified atom stereocenters. The van der Waals surface area contributed by atoms with E-state index >= 15 is 0 Å². The van der Waals surface area contributed by atoms with Crippen LogP contribution in [0, 0.1) is 24.0 Å². The molecule has 1 N–H and O–H groups in total. The number of rotatable bonds is 7. The van der Waals surface area contributed by atoms with Gasteiger partial charge in [0.25, 0.3) is 15.7 Å². The molecule has 29 heavy (non-hydrogen) atoms. The first kappa shape index (κ1) is 20.3. The number of nitro groups is 1. The molecule has 3 aromatic rings. The highest BCUT2D eigenvalue weighted by Crippen LogP contribution is 2.26. The van der Waals surface area contributed by atoms with E-state index < -0.39 is 14.9 Å². The number of anilines is 1. The lowest BCUT2D eigenvalue weighted by atomic mass is 10.2. The summed E-state index contributed by atoms with van der Waals surface area (Å²) in [6.45, 7) is 3.88. The molecule has 0 aliphatic rings. The molecular weight excluding hydrogens is 396 g/mol. The van der Waals surface area contributed by atoms with Gasteiger partial charge in [-0.2, -0.15) is 5.10 Å². The van der Waals surface area contributed by atoms with E-state index in [1.807, 2.05) is 24.3 Å². The second-order valence-electron chi connectivity index (χ2n) is 6.41. The van der Waals surface area contributed by atoms with E-state index in [2.05, 4.69) is 9.82 Å². The Morgan fingerprint density at radius 1 is 1.17 bits per heavy atom. The molecule has 1 heterocycles. The molecule has 2 aromatic carbocycles. The number of methoxy groups -OCH3 is 1.